The number of hydrogen-bond donors (Lipinski definition) is 2. The van der Waals surface area contributed by atoms with E-state index in [-0.39, 0.29) is 25.9 Å². The lowest BCUT2D eigenvalue weighted by Gasteiger charge is -2.38. The number of halogens is 3. The summed E-state index contributed by atoms with van der Waals surface area (Å²) in [6, 6.07) is 0. The number of carbonyl (C=O) groups is 2. The second kappa shape index (κ2) is 6.31. The summed E-state index contributed by atoms with van der Waals surface area (Å²) in [6.45, 7) is 4.95. The van der Waals surface area contributed by atoms with E-state index in [1.165, 1.54) is 4.90 Å². The van der Waals surface area contributed by atoms with Crippen molar-refractivity contribution in [3.05, 3.63) is 0 Å². The van der Waals surface area contributed by atoms with Gasteiger partial charge in [0.1, 0.15) is 5.60 Å². The molecule has 9 heteroatoms. The van der Waals surface area contributed by atoms with Crippen LogP contribution in [0.25, 0.3) is 0 Å². The molecule has 0 saturated carbocycles. The summed E-state index contributed by atoms with van der Waals surface area (Å²) in [5, 5.41) is 11.8. The van der Waals surface area contributed by atoms with Gasteiger partial charge in [0.15, 0.2) is 0 Å². The van der Waals surface area contributed by atoms with Gasteiger partial charge in [0.05, 0.1) is 5.60 Å². The third-order valence-electron chi connectivity index (χ3n) is 3.18. The number of aliphatic hydroxyl groups is 1. The van der Waals surface area contributed by atoms with Crippen LogP contribution in [0, 0.1) is 0 Å². The largest absolute Gasteiger partial charge is 0.471 e. The summed E-state index contributed by atoms with van der Waals surface area (Å²) in [6.07, 6.45) is -5.39. The molecule has 1 saturated heterocycles. The lowest BCUT2D eigenvalue weighted by molar-refractivity contribution is -0.174. The molecule has 1 aliphatic heterocycles. The van der Waals surface area contributed by atoms with Gasteiger partial charge in [0, 0.05) is 19.6 Å². The Morgan fingerprint density at radius 1 is 1.23 bits per heavy atom. The quantitative estimate of drug-likeness (QED) is 0.804. The first-order valence-electron chi connectivity index (χ1n) is 6.88. The molecule has 0 radical (unpaired) electrons. The first kappa shape index (κ1) is 18.5. The van der Waals surface area contributed by atoms with E-state index < -0.39 is 35.9 Å². The van der Waals surface area contributed by atoms with E-state index in [1.54, 1.807) is 26.1 Å². The third kappa shape index (κ3) is 5.70. The Kier molecular flexibility index (Phi) is 5.32. The van der Waals surface area contributed by atoms with Gasteiger partial charge in [-0.2, -0.15) is 13.2 Å². The van der Waals surface area contributed by atoms with Crippen LogP contribution in [0.4, 0.5) is 18.0 Å². The average molecular weight is 326 g/mol. The number of nitrogens with one attached hydrogen (secondary N) is 1. The molecule has 22 heavy (non-hydrogen) atoms. The maximum absolute atomic E-state index is 12.1. The van der Waals surface area contributed by atoms with Crippen molar-refractivity contribution in [2.45, 2.75) is 51.0 Å². The molecule has 0 spiro atoms. The van der Waals surface area contributed by atoms with Gasteiger partial charge in [-0.15, -0.1) is 0 Å². The summed E-state index contributed by atoms with van der Waals surface area (Å²) in [5.41, 5.74) is -2.11. The van der Waals surface area contributed by atoms with Crippen LogP contribution in [-0.4, -0.2) is 59.0 Å². The highest BCUT2D eigenvalue weighted by Crippen LogP contribution is 2.24. The summed E-state index contributed by atoms with van der Waals surface area (Å²) in [4.78, 5) is 24.0. The fourth-order valence-corrected chi connectivity index (χ4v) is 1.95. The molecular weight excluding hydrogens is 305 g/mol. The molecule has 1 aliphatic rings. The maximum Gasteiger partial charge on any atom is 0.471 e. The highest BCUT2D eigenvalue weighted by atomic mass is 19.4. The Labute approximate surface area is 126 Å². The Morgan fingerprint density at radius 2 is 1.73 bits per heavy atom. The Balaban J connectivity index is 2.47. The number of ether oxygens (including phenoxy) is 1. The second-order valence-electron chi connectivity index (χ2n) is 6.37. The standard InChI is InChI=1S/C13H21F3N2O4/c1-11(2,3)22-10(20)18-6-4-12(21,5-7-18)8-17-9(19)13(14,15)16/h21H,4-8H2,1-3H3,(H,17,19). The third-order valence-corrected chi connectivity index (χ3v) is 3.18. The van der Waals surface area contributed by atoms with Gasteiger partial charge in [0.2, 0.25) is 0 Å². The first-order valence-corrected chi connectivity index (χ1v) is 6.88. The number of carbonyl (C=O) groups excluding carboxylic acids is 2. The van der Waals surface area contributed by atoms with Gasteiger partial charge in [-0.1, -0.05) is 0 Å². The zero-order chi connectivity index (χ0) is 17.2. The van der Waals surface area contributed by atoms with E-state index in [9.17, 15) is 27.9 Å². The predicted molar refractivity (Wildman–Crippen MR) is 71.1 cm³/mol. The summed E-state index contributed by atoms with van der Waals surface area (Å²) in [7, 11) is 0. The maximum atomic E-state index is 12.1. The average Bonchev–Trinajstić information content (AvgIpc) is 2.33. The molecule has 0 aromatic heterocycles. The van der Waals surface area contributed by atoms with Crippen molar-refractivity contribution in [2.75, 3.05) is 19.6 Å². The van der Waals surface area contributed by atoms with Crippen LogP contribution < -0.4 is 5.32 Å². The lowest BCUT2D eigenvalue weighted by atomic mass is 9.91. The molecule has 128 valence electrons. The number of alkyl halides is 3. The normalized spacial score (nSPS) is 18.8. The Hall–Kier alpha value is -1.51. The molecule has 0 aliphatic carbocycles. The number of hydrogen-bond acceptors (Lipinski definition) is 4. The van der Waals surface area contributed by atoms with E-state index in [0.717, 1.165) is 0 Å². The molecule has 2 N–H and O–H groups in total. The molecule has 6 nitrogen and oxygen atoms in total. The number of piperidine rings is 1. The van der Waals surface area contributed by atoms with Crippen LogP contribution in [0.15, 0.2) is 0 Å². The molecule has 0 aromatic rings. The fraction of sp³-hybridized carbons (Fsp3) is 0.846. The van der Waals surface area contributed by atoms with Crippen molar-refractivity contribution in [3.63, 3.8) is 0 Å². The minimum Gasteiger partial charge on any atom is -0.444 e. The van der Waals surface area contributed by atoms with Crippen LogP contribution in [0.2, 0.25) is 0 Å². The highest BCUT2D eigenvalue weighted by Gasteiger charge is 2.41. The van der Waals surface area contributed by atoms with Crippen molar-refractivity contribution in [3.8, 4) is 0 Å². The molecule has 1 heterocycles. The summed E-state index contributed by atoms with van der Waals surface area (Å²) >= 11 is 0. The van der Waals surface area contributed by atoms with Crippen molar-refractivity contribution >= 4 is 12.0 Å². The van der Waals surface area contributed by atoms with Crippen molar-refractivity contribution in [1.82, 2.24) is 10.2 Å². The van der Waals surface area contributed by atoms with Crippen molar-refractivity contribution in [1.29, 1.82) is 0 Å². The minimum absolute atomic E-state index is 0.0599. The molecule has 0 aromatic carbocycles. The summed E-state index contributed by atoms with van der Waals surface area (Å²) < 4.78 is 41.4. The van der Waals surface area contributed by atoms with E-state index in [0.29, 0.717) is 0 Å². The zero-order valence-electron chi connectivity index (χ0n) is 12.8. The molecule has 0 atom stereocenters. The number of likely N-dealkylation sites (tertiary alicyclic amines) is 1. The van der Waals surface area contributed by atoms with Crippen LogP contribution in [0.3, 0.4) is 0 Å². The highest BCUT2D eigenvalue weighted by molar-refractivity contribution is 5.81. The van der Waals surface area contributed by atoms with E-state index >= 15 is 0 Å². The zero-order valence-corrected chi connectivity index (χ0v) is 12.8. The molecule has 2 amide bonds. The SMILES string of the molecule is CC(C)(C)OC(=O)N1CCC(O)(CNC(=O)C(F)(F)F)CC1. The molecule has 0 unspecified atom stereocenters. The number of nitrogens with zero attached hydrogens (tertiary/aromatic N) is 1. The Bertz CT molecular complexity index is 424. The van der Waals surface area contributed by atoms with E-state index in [1.807, 2.05) is 0 Å². The van der Waals surface area contributed by atoms with Gasteiger partial charge in [-0.25, -0.2) is 4.79 Å². The lowest BCUT2D eigenvalue weighted by Crippen LogP contribution is -2.54. The number of amides is 2. The molecule has 0 bridgehead atoms. The first-order chi connectivity index (χ1) is 9.82. The van der Waals surface area contributed by atoms with E-state index in [2.05, 4.69) is 0 Å². The molecule has 1 rings (SSSR count). The van der Waals surface area contributed by atoms with Gasteiger partial charge >= 0.3 is 18.2 Å². The van der Waals surface area contributed by atoms with Crippen molar-refractivity contribution in [2.24, 2.45) is 0 Å². The minimum atomic E-state index is -4.98. The monoisotopic (exact) mass is 326 g/mol. The van der Waals surface area contributed by atoms with Crippen LogP contribution in [0.1, 0.15) is 33.6 Å². The number of rotatable bonds is 2. The topological polar surface area (TPSA) is 78.9 Å². The van der Waals surface area contributed by atoms with E-state index in [4.69, 9.17) is 4.74 Å². The Morgan fingerprint density at radius 3 is 2.14 bits per heavy atom. The van der Waals surface area contributed by atoms with Crippen LogP contribution in [0.5, 0.6) is 0 Å². The van der Waals surface area contributed by atoms with Crippen LogP contribution >= 0.6 is 0 Å². The molecule has 1 fully saturated rings. The van der Waals surface area contributed by atoms with Crippen LogP contribution in [-0.2, 0) is 9.53 Å². The fourth-order valence-electron chi connectivity index (χ4n) is 1.95. The van der Waals surface area contributed by atoms with Gasteiger partial charge in [-0.3, -0.25) is 4.79 Å². The van der Waals surface area contributed by atoms with Gasteiger partial charge < -0.3 is 20.1 Å². The van der Waals surface area contributed by atoms with Gasteiger partial charge in [-0.05, 0) is 33.6 Å². The predicted octanol–water partition coefficient (Wildman–Crippen LogP) is 1.43. The second-order valence-corrected chi connectivity index (χ2v) is 6.37. The van der Waals surface area contributed by atoms with Crippen molar-refractivity contribution < 1.29 is 32.6 Å². The smallest absolute Gasteiger partial charge is 0.444 e. The van der Waals surface area contributed by atoms with Gasteiger partial charge in [0.25, 0.3) is 0 Å². The summed E-state index contributed by atoms with van der Waals surface area (Å²) in [5.74, 6) is -2.09. The molecular formula is C13H21F3N2O4.